The first-order valence-electron chi connectivity index (χ1n) is 15.2. The van der Waals surface area contributed by atoms with Gasteiger partial charge in [-0.15, -0.1) is 0 Å². The van der Waals surface area contributed by atoms with Gasteiger partial charge in [0.15, 0.2) is 0 Å². The Morgan fingerprint density at radius 1 is 0.886 bits per heavy atom. The molecule has 1 aliphatic rings. The molecule has 0 radical (unpaired) electrons. The zero-order valence-corrected chi connectivity index (χ0v) is 25.5. The van der Waals surface area contributed by atoms with Crippen molar-refractivity contribution in [2.24, 2.45) is 0 Å². The van der Waals surface area contributed by atoms with Crippen LogP contribution in [0.15, 0.2) is 114 Å². The van der Waals surface area contributed by atoms with Gasteiger partial charge in [-0.1, -0.05) is 97.4 Å². The van der Waals surface area contributed by atoms with Gasteiger partial charge in [0.1, 0.15) is 0 Å². The summed E-state index contributed by atoms with van der Waals surface area (Å²) in [6, 6.07) is 34.0. The molecule has 1 fully saturated rings. The van der Waals surface area contributed by atoms with Gasteiger partial charge in [0.05, 0.1) is 22.9 Å². The number of benzene rings is 4. The van der Waals surface area contributed by atoms with Gasteiger partial charge >= 0.3 is 0 Å². The van der Waals surface area contributed by atoms with Crippen molar-refractivity contribution in [2.45, 2.75) is 44.4 Å². The molecule has 1 amide bonds. The van der Waals surface area contributed by atoms with Crippen molar-refractivity contribution in [2.75, 3.05) is 13.1 Å². The predicted octanol–water partition coefficient (Wildman–Crippen LogP) is 7.01. The number of rotatable bonds is 8. The highest BCUT2D eigenvalue weighted by atomic mass is 35.5. The smallest absolute Gasteiger partial charge is 0.263 e. The number of nitrogens with one attached hydrogen (secondary N) is 1. The van der Waals surface area contributed by atoms with Crippen molar-refractivity contribution in [1.29, 1.82) is 0 Å². The van der Waals surface area contributed by atoms with Gasteiger partial charge in [-0.3, -0.25) is 19.1 Å². The molecule has 7 heteroatoms. The zero-order valence-electron chi connectivity index (χ0n) is 24.7. The summed E-state index contributed by atoms with van der Waals surface area (Å²) in [7, 11) is 0. The van der Waals surface area contributed by atoms with Crippen molar-refractivity contribution in [3.8, 4) is 5.69 Å². The molecule has 0 bridgehead atoms. The third-order valence-corrected chi connectivity index (χ3v) is 9.00. The summed E-state index contributed by atoms with van der Waals surface area (Å²) < 4.78 is 1.69. The summed E-state index contributed by atoms with van der Waals surface area (Å²) in [5.74, 6) is -0.218. The molecule has 6 rings (SSSR count). The lowest BCUT2D eigenvalue weighted by Gasteiger charge is -2.39. The van der Waals surface area contributed by atoms with E-state index in [1.54, 1.807) is 16.7 Å². The first-order chi connectivity index (χ1) is 21.4. The van der Waals surface area contributed by atoms with Crippen LogP contribution in [0.3, 0.4) is 0 Å². The Kier molecular flexibility index (Phi) is 8.67. The van der Waals surface area contributed by atoms with Crippen molar-refractivity contribution in [1.82, 2.24) is 14.8 Å². The number of pyridine rings is 1. The van der Waals surface area contributed by atoms with Crippen LogP contribution in [0.4, 0.5) is 0 Å². The Labute approximate surface area is 262 Å². The van der Waals surface area contributed by atoms with E-state index in [-0.39, 0.29) is 17.5 Å². The molecule has 0 saturated carbocycles. The number of carbonyl (C=O) groups excluding carboxylic acids is 1. The largest absolute Gasteiger partial charge is 0.385 e. The number of aromatic nitrogens is 1. The molecular weight excluding hydrogens is 570 g/mol. The Bertz CT molecular complexity index is 1830. The third kappa shape index (κ3) is 5.93. The van der Waals surface area contributed by atoms with E-state index >= 15 is 0 Å². The quantitative estimate of drug-likeness (QED) is 0.200. The van der Waals surface area contributed by atoms with Crippen LogP contribution in [-0.4, -0.2) is 33.6 Å². The number of para-hydroxylation sites is 1. The zero-order chi connectivity index (χ0) is 30.7. The lowest BCUT2D eigenvalue weighted by molar-refractivity contribution is -0.0281. The van der Waals surface area contributed by atoms with Crippen LogP contribution in [0.1, 0.15) is 59.4 Å². The van der Waals surface area contributed by atoms with E-state index in [9.17, 15) is 14.7 Å². The van der Waals surface area contributed by atoms with E-state index < -0.39 is 5.60 Å². The fourth-order valence-corrected chi connectivity index (χ4v) is 6.54. The number of piperidine rings is 1. The van der Waals surface area contributed by atoms with Crippen molar-refractivity contribution >= 4 is 28.3 Å². The SMILES string of the molecule is CC[C@H](NC(=O)c1c(CN2CCC(O)(c3cccc(Cl)c3)CC2)n(-c2ccccc2)c(=O)c2ccccc12)c1ccccc1. The molecule has 1 aromatic heterocycles. The maximum Gasteiger partial charge on any atom is 0.263 e. The number of carbonyl (C=O) groups is 1. The van der Waals surface area contributed by atoms with Crippen LogP contribution >= 0.6 is 11.6 Å². The number of nitrogens with zero attached hydrogens (tertiary/aromatic N) is 2. The third-order valence-electron chi connectivity index (χ3n) is 8.76. The molecule has 2 N–H and O–H groups in total. The minimum absolute atomic E-state index is 0.166. The molecule has 5 aromatic rings. The minimum atomic E-state index is -0.992. The number of likely N-dealkylation sites (tertiary alicyclic amines) is 1. The van der Waals surface area contributed by atoms with E-state index in [4.69, 9.17) is 11.6 Å². The van der Waals surface area contributed by atoms with Gasteiger partial charge in [0, 0.05) is 41.1 Å². The summed E-state index contributed by atoms with van der Waals surface area (Å²) >= 11 is 6.24. The molecule has 224 valence electrons. The Morgan fingerprint density at radius 2 is 1.52 bits per heavy atom. The van der Waals surface area contributed by atoms with E-state index in [2.05, 4.69) is 17.1 Å². The fraction of sp³-hybridized carbons (Fsp3) is 0.243. The normalized spacial score (nSPS) is 15.6. The van der Waals surface area contributed by atoms with E-state index in [1.807, 2.05) is 97.1 Å². The second-order valence-electron chi connectivity index (χ2n) is 11.5. The van der Waals surface area contributed by atoms with E-state index in [0.29, 0.717) is 65.2 Å². The lowest BCUT2D eigenvalue weighted by atomic mass is 9.84. The highest BCUT2D eigenvalue weighted by molar-refractivity contribution is 6.30. The first kappa shape index (κ1) is 29.8. The summed E-state index contributed by atoms with van der Waals surface area (Å²) in [4.78, 5) is 30.7. The van der Waals surface area contributed by atoms with Crippen LogP contribution in [-0.2, 0) is 12.1 Å². The topological polar surface area (TPSA) is 74.6 Å². The Hall–Kier alpha value is -4.23. The lowest BCUT2D eigenvalue weighted by Crippen LogP contribution is -2.43. The molecule has 0 aliphatic carbocycles. The summed E-state index contributed by atoms with van der Waals surface area (Å²) in [6.45, 7) is 3.59. The number of halogens is 1. The van der Waals surface area contributed by atoms with E-state index in [0.717, 1.165) is 17.5 Å². The Morgan fingerprint density at radius 3 is 2.18 bits per heavy atom. The highest BCUT2D eigenvalue weighted by Crippen LogP contribution is 2.35. The number of fused-ring (bicyclic) bond motifs is 1. The molecular formula is C37H36ClN3O3. The average Bonchev–Trinajstić information content (AvgIpc) is 3.06. The number of hydrogen-bond acceptors (Lipinski definition) is 4. The molecule has 1 atom stereocenters. The van der Waals surface area contributed by atoms with Crippen molar-refractivity contribution in [3.05, 3.63) is 147 Å². The standard InChI is InChI=1S/C37H36ClN3O3/c1-2-32(26-12-5-3-6-13-26)39-35(42)34-30-18-9-10-19-31(30)36(43)41(29-16-7-4-8-17-29)33(34)25-40-22-20-37(44,21-23-40)27-14-11-15-28(38)24-27/h3-19,24,32,44H,2,20-23,25H2,1H3,(H,39,42)/t32-/m0/s1. The summed E-state index contributed by atoms with van der Waals surface area (Å²) in [5.41, 5.74) is 2.51. The molecule has 4 aromatic carbocycles. The summed E-state index contributed by atoms with van der Waals surface area (Å²) in [5, 5.41) is 16.5. The number of hydrogen-bond donors (Lipinski definition) is 2. The Balaban J connectivity index is 1.43. The highest BCUT2D eigenvalue weighted by Gasteiger charge is 2.35. The predicted molar refractivity (Wildman–Crippen MR) is 176 cm³/mol. The average molecular weight is 606 g/mol. The molecule has 1 aliphatic heterocycles. The van der Waals surface area contributed by atoms with Crippen molar-refractivity contribution in [3.63, 3.8) is 0 Å². The van der Waals surface area contributed by atoms with Crippen LogP contribution in [0, 0.1) is 0 Å². The van der Waals surface area contributed by atoms with Gasteiger partial charge in [0.25, 0.3) is 11.5 Å². The minimum Gasteiger partial charge on any atom is -0.385 e. The van der Waals surface area contributed by atoms with Crippen LogP contribution in [0.2, 0.25) is 5.02 Å². The van der Waals surface area contributed by atoms with Gasteiger partial charge in [-0.25, -0.2) is 0 Å². The molecule has 1 saturated heterocycles. The van der Waals surface area contributed by atoms with Crippen LogP contribution in [0.5, 0.6) is 0 Å². The molecule has 2 heterocycles. The number of amides is 1. The van der Waals surface area contributed by atoms with Gasteiger partial charge < -0.3 is 10.4 Å². The van der Waals surface area contributed by atoms with Gasteiger partial charge in [-0.05, 0) is 60.7 Å². The number of aliphatic hydroxyl groups is 1. The molecule has 0 spiro atoms. The fourth-order valence-electron chi connectivity index (χ4n) is 6.35. The van der Waals surface area contributed by atoms with E-state index in [1.165, 1.54) is 0 Å². The maximum atomic E-state index is 14.4. The maximum absolute atomic E-state index is 14.4. The van der Waals surface area contributed by atoms with Crippen LogP contribution < -0.4 is 10.9 Å². The van der Waals surface area contributed by atoms with Gasteiger partial charge in [-0.2, -0.15) is 0 Å². The molecule has 44 heavy (non-hydrogen) atoms. The van der Waals surface area contributed by atoms with Crippen molar-refractivity contribution < 1.29 is 9.90 Å². The van der Waals surface area contributed by atoms with Gasteiger partial charge in [0.2, 0.25) is 0 Å². The van der Waals surface area contributed by atoms with Crippen LogP contribution in [0.25, 0.3) is 16.5 Å². The summed E-state index contributed by atoms with van der Waals surface area (Å²) in [6.07, 6.45) is 1.73. The monoisotopic (exact) mass is 605 g/mol. The first-order valence-corrected chi connectivity index (χ1v) is 15.5. The second kappa shape index (κ2) is 12.8. The molecule has 0 unspecified atom stereocenters. The molecule has 6 nitrogen and oxygen atoms in total. The second-order valence-corrected chi connectivity index (χ2v) is 11.9.